The van der Waals surface area contributed by atoms with Gasteiger partial charge >= 0.3 is 0 Å². The number of hydrogen-bond acceptors (Lipinski definition) is 3. The first kappa shape index (κ1) is 17.1. The average molecular weight is 300 g/mol. The third-order valence-electron chi connectivity index (χ3n) is 3.39. The number of rotatable bonds is 9. The molecule has 0 aliphatic carbocycles. The predicted molar refractivity (Wildman–Crippen MR) is 84.8 cm³/mol. The van der Waals surface area contributed by atoms with Crippen LogP contribution in [0.4, 0.5) is 0 Å². The number of halogens is 1. The Bertz CT molecular complexity index is 402. The van der Waals surface area contributed by atoms with Crippen LogP contribution in [0.25, 0.3) is 0 Å². The molecule has 20 heavy (non-hydrogen) atoms. The summed E-state index contributed by atoms with van der Waals surface area (Å²) in [6.45, 7) is 7.19. The second kappa shape index (κ2) is 9.09. The first-order valence-corrected chi connectivity index (χ1v) is 7.77. The molecule has 0 saturated heterocycles. The molecule has 0 aliphatic rings. The Morgan fingerprint density at radius 2 is 1.75 bits per heavy atom. The van der Waals surface area contributed by atoms with Gasteiger partial charge in [-0.2, -0.15) is 0 Å². The number of methoxy groups -OCH3 is 1. The van der Waals surface area contributed by atoms with Gasteiger partial charge in [0.2, 0.25) is 0 Å². The van der Waals surface area contributed by atoms with Gasteiger partial charge in [0.1, 0.15) is 0 Å². The quantitative estimate of drug-likeness (QED) is 0.731. The monoisotopic (exact) mass is 299 g/mol. The highest BCUT2D eigenvalue weighted by Gasteiger charge is 2.13. The van der Waals surface area contributed by atoms with Crippen LogP contribution in [-0.4, -0.2) is 30.2 Å². The summed E-state index contributed by atoms with van der Waals surface area (Å²) < 4.78 is 5.16. The van der Waals surface area contributed by atoms with Crippen molar-refractivity contribution in [1.82, 2.24) is 4.90 Å². The van der Waals surface area contributed by atoms with Crippen LogP contribution in [-0.2, 0) is 6.54 Å². The molecule has 0 amide bonds. The number of unbranched alkanes of at least 4 members (excludes halogenated alkanes) is 2. The molecule has 1 N–H and O–H groups in total. The maximum Gasteiger partial charge on any atom is 0.162 e. The Hall–Kier alpha value is -0.930. The van der Waals surface area contributed by atoms with Crippen LogP contribution in [0.15, 0.2) is 12.1 Å². The van der Waals surface area contributed by atoms with Crippen LogP contribution >= 0.6 is 11.6 Å². The molecule has 3 nitrogen and oxygen atoms in total. The minimum atomic E-state index is 0.204. The lowest BCUT2D eigenvalue weighted by Gasteiger charge is -2.23. The summed E-state index contributed by atoms with van der Waals surface area (Å²) in [7, 11) is 1.54. The molecule has 0 heterocycles. The van der Waals surface area contributed by atoms with Gasteiger partial charge in [-0.15, -0.1) is 0 Å². The zero-order valence-corrected chi connectivity index (χ0v) is 13.5. The first-order chi connectivity index (χ1) is 9.62. The molecule has 0 aromatic heterocycles. The molecule has 1 aromatic carbocycles. The van der Waals surface area contributed by atoms with Crippen molar-refractivity contribution in [2.75, 3.05) is 20.2 Å². The maximum absolute atomic E-state index is 10.2. The molecule has 1 aromatic rings. The first-order valence-electron chi connectivity index (χ1n) is 7.40. The van der Waals surface area contributed by atoms with Crippen molar-refractivity contribution in [3.05, 3.63) is 22.7 Å². The van der Waals surface area contributed by atoms with Gasteiger partial charge in [-0.3, -0.25) is 4.90 Å². The van der Waals surface area contributed by atoms with E-state index in [-0.39, 0.29) is 5.75 Å². The fourth-order valence-corrected chi connectivity index (χ4v) is 2.41. The zero-order valence-electron chi connectivity index (χ0n) is 12.8. The van der Waals surface area contributed by atoms with Crippen LogP contribution in [0.1, 0.15) is 45.1 Å². The van der Waals surface area contributed by atoms with Gasteiger partial charge in [-0.05, 0) is 32.0 Å². The van der Waals surface area contributed by atoms with Crippen LogP contribution in [0.3, 0.4) is 0 Å². The Kier molecular flexibility index (Phi) is 7.78. The number of phenolic OH excluding ortho intramolecular Hbond substituents is 1. The minimum absolute atomic E-state index is 0.204. The maximum atomic E-state index is 10.2. The van der Waals surface area contributed by atoms with E-state index in [1.807, 2.05) is 6.07 Å². The van der Waals surface area contributed by atoms with E-state index in [4.69, 9.17) is 16.3 Å². The van der Waals surface area contributed by atoms with Gasteiger partial charge in [0, 0.05) is 23.2 Å². The van der Waals surface area contributed by atoms with E-state index >= 15 is 0 Å². The highest BCUT2D eigenvalue weighted by Crippen LogP contribution is 2.34. The van der Waals surface area contributed by atoms with Crippen LogP contribution < -0.4 is 4.74 Å². The lowest BCUT2D eigenvalue weighted by Crippen LogP contribution is -2.25. The third kappa shape index (κ3) is 5.22. The van der Waals surface area contributed by atoms with Crippen molar-refractivity contribution < 1.29 is 9.84 Å². The molecule has 1 rings (SSSR count). The number of benzene rings is 1. The number of aromatic hydroxyl groups is 1. The van der Waals surface area contributed by atoms with Crippen LogP contribution in [0.5, 0.6) is 11.5 Å². The molecule has 4 heteroatoms. The van der Waals surface area contributed by atoms with Gasteiger partial charge in [-0.25, -0.2) is 0 Å². The lowest BCUT2D eigenvalue weighted by molar-refractivity contribution is 0.252. The predicted octanol–water partition coefficient (Wildman–Crippen LogP) is 4.46. The van der Waals surface area contributed by atoms with E-state index in [0.29, 0.717) is 17.3 Å². The van der Waals surface area contributed by atoms with E-state index in [2.05, 4.69) is 18.7 Å². The standard InChI is InChI=1S/C16H26ClNO2/c1-4-6-8-18(9-7-5-2)12-13-10-14(17)11-15(20-3)16(13)19/h10-11,19H,4-9,12H2,1-3H3. The fraction of sp³-hybridized carbons (Fsp3) is 0.625. The molecule has 0 aliphatic heterocycles. The molecule has 0 fully saturated rings. The molecule has 0 atom stereocenters. The molecule has 0 unspecified atom stereocenters. The van der Waals surface area contributed by atoms with Crippen molar-refractivity contribution in [3.63, 3.8) is 0 Å². The lowest BCUT2D eigenvalue weighted by atomic mass is 10.1. The van der Waals surface area contributed by atoms with Crippen molar-refractivity contribution in [2.24, 2.45) is 0 Å². The Morgan fingerprint density at radius 3 is 2.25 bits per heavy atom. The van der Waals surface area contributed by atoms with Crippen LogP contribution in [0.2, 0.25) is 5.02 Å². The molecule has 0 spiro atoms. The number of hydrogen-bond donors (Lipinski definition) is 1. The summed E-state index contributed by atoms with van der Waals surface area (Å²) in [6.07, 6.45) is 4.69. The smallest absolute Gasteiger partial charge is 0.162 e. The second-order valence-corrected chi connectivity index (χ2v) is 5.54. The van der Waals surface area contributed by atoms with Gasteiger partial charge in [0.25, 0.3) is 0 Å². The largest absolute Gasteiger partial charge is 0.504 e. The normalized spacial score (nSPS) is 11.1. The minimum Gasteiger partial charge on any atom is -0.504 e. The Morgan fingerprint density at radius 1 is 1.15 bits per heavy atom. The van der Waals surface area contributed by atoms with E-state index in [1.54, 1.807) is 13.2 Å². The number of nitrogens with zero attached hydrogens (tertiary/aromatic N) is 1. The third-order valence-corrected chi connectivity index (χ3v) is 3.61. The fourth-order valence-electron chi connectivity index (χ4n) is 2.18. The van der Waals surface area contributed by atoms with E-state index in [0.717, 1.165) is 18.7 Å². The molecule has 0 bridgehead atoms. The molecular weight excluding hydrogens is 274 g/mol. The van der Waals surface area contributed by atoms with Crippen molar-refractivity contribution >= 4 is 11.6 Å². The summed E-state index contributed by atoms with van der Waals surface area (Å²) in [5.74, 6) is 0.647. The Balaban J connectivity index is 2.83. The summed E-state index contributed by atoms with van der Waals surface area (Å²) in [5.41, 5.74) is 0.835. The number of ether oxygens (including phenoxy) is 1. The molecule has 0 saturated carbocycles. The highest BCUT2D eigenvalue weighted by atomic mass is 35.5. The number of phenols is 1. The second-order valence-electron chi connectivity index (χ2n) is 5.10. The van der Waals surface area contributed by atoms with E-state index in [1.165, 1.54) is 25.7 Å². The van der Waals surface area contributed by atoms with E-state index in [9.17, 15) is 5.11 Å². The topological polar surface area (TPSA) is 32.7 Å². The van der Waals surface area contributed by atoms with Crippen molar-refractivity contribution in [1.29, 1.82) is 0 Å². The van der Waals surface area contributed by atoms with Gasteiger partial charge in [0.15, 0.2) is 11.5 Å². The zero-order chi connectivity index (χ0) is 15.0. The SMILES string of the molecule is CCCCN(CCCC)Cc1cc(Cl)cc(OC)c1O. The highest BCUT2D eigenvalue weighted by molar-refractivity contribution is 6.30. The summed E-state index contributed by atoms with van der Waals surface area (Å²) in [4.78, 5) is 2.37. The van der Waals surface area contributed by atoms with Gasteiger partial charge in [-0.1, -0.05) is 38.3 Å². The molecule has 114 valence electrons. The van der Waals surface area contributed by atoms with Crippen molar-refractivity contribution in [2.45, 2.75) is 46.1 Å². The molecular formula is C16H26ClNO2. The van der Waals surface area contributed by atoms with Gasteiger partial charge in [0.05, 0.1) is 7.11 Å². The summed E-state index contributed by atoms with van der Waals surface area (Å²) in [5, 5.41) is 10.8. The summed E-state index contributed by atoms with van der Waals surface area (Å²) in [6, 6.07) is 3.47. The van der Waals surface area contributed by atoms with Gasteiger partial charge < -0.3 is 9.84 Å². The van der Waals surface area contributed by atoms with Crippen LogP contribution in [0, 0.1) is 0 Å². The van der Waals surface area contributed by atoms with E-state index < -0.39 is 0 Å². The average Bonchev–Trinajstić information content (AvgIpc) is 2.45. The summed E-state index contributed by atoms with van der Waals surface area (Å²) >= 11 is 6.08. The molecule has 0 radical (unpaired) electrons. The Labute approximate surface area is 127 Å². The van der Waals surface area contributed by atoms with Crippen molar-refractivity contribution in [3.8, 4) is 11.5 Å².